The van der Waals surface area contributed by atoms with Gasteiger partial charge < -0.3 is 11.1 Å². The van der Waals surface area contributed by atoms with E-state index in [1.165, 1.54) is 6.07 Å². The van der Waals surface area contributed by atoms with Crippen LogP contribution in [0.5, 0.6) is 0 Å². The first-order valence-electron chi connectivity index (χ1n) is 5.53. The number of benzene rings is 1. The van der Waals surface area contributed by atoms with Crippen LogP contribution in [0.1, 0.15) is 19.3 Å². The van der Waals surface area contributed by atoms with Crippen LogP contribution in [0, 0.1) is 14.8 Å². The highest BCUT2D eigenvalue weighted by molar-refractivity contribution is 14.1. The molecule has 1 amide bonds. The Bertz CT molecular complexity index is 517. The third-order valence-corrected chi connectivity index (χ3v) is 4.80. The topological polar surface area (TPSA) is 55.1 Å². The average molecular weight is 378 g/mol. The molecule has 0 unspecified atom stereocenters. The summed E-state index contributed by atoms with van der Waals surface area (Å²) in [6, 6.07) is 4.57. The van der Waals surface area contributed by atoms with Crippen molar-refractivity contribution in [2.45, 2.75) is 19.3 Å². The van der Waals surface area contributed by atoms with Gasteiger partial charge in [-0.3, -0.25) is 4.79 Å². The van der Waals surface area contributed by atoms with Crippen LogP contribution in [0.2, 0.25) is 0 Å². The van der Waals surface area contributed by atoms with Gasteiger partial charge in [-0.2, -0.15) is 0 Å². The van der Waals surface area contributed by atoms with Gasteiger partial charge in [-0.05, 0) is 47.6 Å². The molecule has 0 aliphatic heterocycles. The highest BCUT2D eigenvalue weighted by atomic mass is 127. The molecule has 3 nitrogen and oxygen atoms in total. The molecule has 0 aromatic heterocycles. The number of amides is 1. The number of nitrogens with one attached hydrogen (secondary N) is 1. The van der Waals surface area contributed by atoms with E-state index < -0.39 is 5.41 Å². The van der Waals surface area contributed by atoms with E-state index in [1.54, 1.807) is 12.1 Å². The van der Waals surface area contributed by atoms with Crippen LogP contribution >= 0.6 is 34.8 Å². The minimum Gasteiger partial charge on any atom is -0.392 e. The second-order valence-electron chi connectivity index (χ2n) is 4.36. The van der Waals surface area contributed by atoms with Gasteiger partial charge in [0.2, 0.25) is 5.91 Å². The van der Waals surface area contributed by atoms with Crippen molar-refractivity contribution < 1.29 is 9.18 Å². The number of thiocarbonyl (C=S) groups is 1. The number of hydrogen-bond acceptors (Lipinski definition) is 2. The molecule has 0 radical (unpaired) electrons. The summed E-state index contributed by atoms with van der Waals surface area (Å²) in [6.07, 6.45) is 2.27. The zero-order chi connectivity index (χ0) is 13.3. The molecule has 0 bridgehead atoms. The Labute approximate surface area is 123 Å². The van der Waals surface area contributed by atoms with Crippen LogP contribution in [0.25, 0.3) is 0 Å². The van der Waals surface area contributed by atoms with E-state index in [9.17, 15) is 9.18 Å². The summed E-state index contributed by atoms with van der Waals surface area (Å²) in [4.78, 5) is 12.4. The summed E-state index contributed by atoms with van der Waals surface area (Å²) < 4.78 is 13.8. The molecule has 1 aliphatic rings. The molecule has 6 heteroatoms. The van der Waals surface area contributed by atoms with E-state index in [2.05, 4.69) is 5.32 Å². The van der Waals surface area contributed by atoms with Crippen molar-refractivity contribution in [1.82, 2.24) is 0 Å². The lowest BCUT2D eigenvalue weighted by atomic mass is 9.68. The standard InChI is InChI=1S/C12H12FIN2OS/c13-7-3-1-4-8(9(7)14)16-11(17)12(10(15)18)5-2-6-12/h1,3-4H,2,5-6H2,(H2,15,18)(H,16,17). The van der Waals surface area contributed by atoms with Crippen LogP contribution in [-0.2, 0) is 4.79 Å². The smallest absolute Gasteiger partial charge is 0.237 e. The summed E-state index contributed by atoms with van der Waals surface area (Å²) in [6.45, 7) is 0. The van der Waals surface area contributed by atoms with Crippen molar-refractivity contribution in [3.8, 4) is 0 Å². The predicted octanol–water partition coefficient (Wildman–Crippen LogP) is 2.83. The van der Waals surface area contributed by atoms with Crippen molar-refractivity contribution in [1.29, 1.82) is 0 Å². The largest absolute Gasteiger partial charge is 0.392 e. The van der Waals surface area contributed by atoms with E-state index in [0.717, 1.165) is 6.42 Å². The fourth-order valence-electron chi connectivity index (χ4n) is 1.96. The third kappa shape index (κ3) is 2.23. The maximum absolute atomic E-state index is 13.4. The molecule has 3 N–H and O–H groups in total. The van der Waals surface area contributed by atoms with E-state index in [0.29, 0.717) is 22.1 Å². The van der Waals surface area contributed by atoms with Crippen LogP contribution < -0.4 is 11.1 Å². The summed E-state index contributed by atoms with van der Waals surface area (Å²) in [5.74, 6) is -0.587. The number of anilines is 1. The summed E-state index contributed by atoms with van der Waals surface area (Å²) in [5, 5.41) is 2.72. The maximum atomic E-state index is 13.4. The number of hydrogen-bond donors (Lipinski definition) is 2. The molecular formula is C12H12FIN2OS. The molecule has 1 saturated carbocycles. The predicted molar refractivity (Wildman–Crippen MR) is 80.8 cm³/mol. The number of nitrogens with two attached hydrogens (primary N) is 1. The highest BCUT2D eigenvalue weighted by Crippen LogP contribution is 2.42. The van der Waals surface area contributed by atoms with Gasteiger partial charge in [0.05, 0.1) is 19.7 Å². The minimum atomic E-state index is -0.745. The molecule has 0 saturated heterocycles. The molecule has 1 fully saturated rings. The zero-order valence-electron chi connectivity index (χ0n) is 9.50. The lowest BCUT2D eigenvalue weighted by Gasteiger charge is -2.39. The first kappa shape index (κ1) is 13.7. The quantitative estimate of drug-likeness (QED) is 0.628. The van der Waals surface area contributed by atoms with Crippen molar-refractivity contribution in [2.24, 2.45) is 11.1 Å². The lowest BCUT2D eigenvalue weighted by Crippen LogP contribution is -2.50. The monoisotopic (exact) mass is 378 g/mol. The van der Waals surface area contributed by atoms with Crippen LogP contribution in [0.3, 0.4) is 0 Å². The minimum absolute atomic E-state index is 0.220. The average Bonchev–Trinajstić information content (AvgIpc) is 2.22. The van der Waals surface area contributed by atoms with Gasteiger partial charge in [-0.1, -0.05) is 24.7 Å². The van der Waals surface area contributed by atoms with Crippen molar-refractivity contribution in [2.75, 3.05) is 5.32 Å². The molecule has 18 heavy (non-hydrogen) atoms. The number of halogens is 2. The zero-order valence-corrected chi connectivity index (χ0v) is 12.5. The van der Waals surface area contributed by atoms with Gasteiger partial charge in [0.25, 0.3) is 0 Å². The Kier molecular flexibility index (Phi) is 3.86. The Hall–Kier alpha value is -0.760. The van der Waals surface area contributed by atoms with E-state index in [-0.39, 0.29) is 16.7 Å². The van der Waals surface area contributed by atoms with Gasteiger partial charge >= 0.3 is 0 Å². The van der Waals surface area contributed by atoms with Gasteiger partial charge in [0.15, 0.2) is 0 Å². The molecule has 96 valence electrons. The molecule has 1 aromatic rings. The van der Waals surface area contributed by atoms with E-state index in [1.807, 2.05) is 22.6 Å². The second-order valence-corrected chi connectivity index (χ2v) is 5.87. The van der Waals surface area contributed by atoms with E-state index in [4.69, 9.17) is 18.0 Å². The molecule has 1 aliphatic carbocycles. The van der Waals surface area contributed by atoms with Crippen LogP contribution in [0.15, 0.2) is 18.2 Å². The SMILES string of the molecule is NC(=S)C1(C(=O)Nc2cccc(F)c2I)CCC1. The van der Waals surface area contributed by atoms with Gasteiger partial charge in [-0.15, -0.1) is 0 Å². The van der Waals surface area contributed by atoms with Crippen molar-refractivity contribution in [3.05, 3.63) is 27.6 Å². The fourth-order valence-corrected chi connectivity index (χ4v) is 2.75. The first-order valence-corrected chi connectivity index (χ1v) is 7.01. The molecule has 1 aromatic carbocycles. The Balaban J connectivity index is 2.21. The van der Waals surface area contributed by atoms with E-state index >= 15 is 0 Å². The summed E-state index contributed by atoms with van der Waals surface area (Å²) in [5.41, 5.74) is 5.37. The Morgan fingerprint density at radius 1 is 1.50 bits per heavy atom. The molecule has 0 heterocycles. The highest BCUT2D eigenvalue weighted by Gasteiger charge is 2.47. The molecule has 0 atom stereocenters. The normalized spacial score (nSPS) is 16.8. The molecular weight excluding hydrogens is 366 g/mol. The van der Waals surface area contributed by atoms with Crippen LogP contribution in [-0.4, -0.2) is 10.9 Å². The first-order chi connectivity index (χ1) is 8.47. The van der Waals surface area contributed by atoms with Crippen molar-refractivity contribution in [3.63, 3.8) is 0 Å². The van der Waals surface area contributed by atoms with Gasteiger partial charge in [0.1, 0.15) is 5.82 Å². The fraction of sp³-hybridized carbons (Fsp3) is 0.333. The number of rotatable bonds is 3. The second kappa shape index (κ2) is 5.08. The summed E-state index contributed by atoms with van der Waals surface area (Å²) in [7, 11) is 0. The van der Waals surface area contributed by atoms with Gasteiger partial charge in [-0.25, -0.2) is 4.39 Å². The maximum Gasteiger partial charge on any atom is 0.237 e. The van der Waals surface area contributed by atoms with Gasteiger partial charge in [0, 0.05) is 0 Å². The van der Waals surface area contributed by atoms with Crippen LogP contribution in [0.4, 0.5) is 10.1 Å². The molecule has 0 spiro atoms. The summed E-state index contributed by atoms with van der Waals surface area (Å²) >= 11 is 6.83. The Morgan fingerprint density at radius 2 is 2.17 bits per heavy atom. The van der Waals surface area contributed by atoms with Crippen molar-refractivity contribution >= 4 is 51.4 Å². The Morgan fingerprint density at radius 3 is 2.67 bits per heavy atom. The molecule has 2 rings (SSSR count). The lowest BCUT2D eigenvalue weighted by molar-refractivity contribution is -0.125. The third-order valence-electron chi connectivity index (χ3n) is 3.31. The number of carbonyl (C=O) groups excluding carboxylic acids is 1. The number of carbonyl (C=O) groups is 1.